The first-order valence-electron chi connectivity index (χ1n) is 22.3. The summed E-state index contributed by atoms with van der Waals surface area (Å²) in [6.07, 6.45) is 47.8. The van der Waals surface area contributed by atoms with Crippen LogP contribution in [0.4, 0.5) is 0 Å². The van der Waals surface area contributed by atoms with Crippen LogP contribution in [0.1, 0.15) is 149 Å². The number of unbranched alkanes of at least 4 members (excludes halogenated alkanes) is 9. The highest BCUT2D eigenvalue weighted by atomic mass is 31.2. The number of allylic oxidation sites excluding steroid dienone is 14. The van der Waals surface area contributed by atoms with Crippen molar-refractivity contribution in [3.05, 3.63) is 85.1 Å². The van der Waals surface area contributed by atoms with Gasteiger partial charge < -0.3 is 24.0 Å². The molecule has 0 saturated carbocycles. The van der Waals surface area contributed by atoms with Crippen molar-refractivity contribution in [1.82, 2.24) is 0 Å². The second kappa shape index (κ2) is 39.3. The Bertz CT molecular complexity index is 1290. The molecule has 0 aliphatic heterocycles. The fourth-order valence-corrected chi connectivity index (χ4v) is 6.13. The van der Waals surface area contributed by atoms with E-state index in [4.69, 9.17) is 18.5 Å². The van der Waals surface area contributed by atoms with Gasteiger partial charge in [0.25, 0.3) is 0 Å². The van der Waals surface area contributed by atoms with Crippen LogP contribution < -0.4 is 0 Å². The summed E-state index contributed by atoms with van der Waals surface area (Å²) in [5, 5.41) is 9.28. The first-order valence-corrected chi connectivity index (χ1v) is 23.8. The van der Waals surface area contributed by atoms with Crippen LogP contribution in [0.15, 0.2) is 85.1 Å². The van der Waals surface area contributed by atoms with Crippen molar-refractivity contribution in [2.45, 2.75) is 161 Å². The number of carbonyl (C=O) groups excluding carboxylic acids is 2. The van der Waals surface area contributed by atoms with Gasteiger partial charge in [0.15, 0.2) is 6.10 Å². The zero-order valence-corrected chi connectivity index (χ0v) is 38.5. The monoisotopic (exact) mass is 849 g/mol. The second-order valence-corrected chi connectivity index (χ2v) is 17.5. The van der Waals surface area contributed by atoms with Gasteiger partial charge in [0.1, 0.15) is 19.8 Å². The first-order chi connectivity index (χ1) is 28.3. The molecule has 0 aromatic heterocycles. The highest BCUT2D eigenvalue weighted by Gasteiger charge is 2.27. The molecule has 10 nitrogen and oxygen atoms in total. The highest BCUT2D eigenvalue weighted by molar-refractivity contribution is 7.47. The van der Waals surface area contributed by atoms with Crippen molar-refractivity contribution < 1.29 is 47.2 Å². The Labute approximate surface area is 359 Å². The summed E-state index contributed by atoms with van der Waals surface area (Å²) in [5.41, 5.74) is 0. The summed E-state index contributed by atoms with van der Waals surface area (Å²) in [6, 6.07) is 0. The molecule has 0 saturated heterocycles. The van der Waals surface area contributed by atoms with Gasteiger partial charge in [-0.2, -0.15) is 0 Å². The van der Waals surface area contributed by atoms with Crippen molar-refractivity contribution in [1.29, 1.82) is 0 Å². The van der Waals surface area contributed by atoms with E-state index in [2.05, 4.69) is 79.8 Å². The predicted octanol–water partition coefficient (Wildman–Crippen LogP) is 11.8. The van der Waals surface area contributed by atoms with Crippen LogP contribution in [-0.2, 0) is 32.7 Å². The molecule has 2 N–H and O–H groups in total. The Morgan fingerprint density at radius 2 is 1.03 bits per heavy atom. The molecule has 0 spiro atoms. The number of nitrogens with zero attached hydrogens (tertiary/aromatic N) is 1. The lowest BCUT2D eigenvalue weighted by molar-refractivity contribution is -0.870. The maximum atomic E-state index is 12.7. The third-order valence-electron chi connectivity index (χ3n) is 8.92. The minimum Gasteiger partial charge on any atom is -0.462 e. The van der Waals surface area contributed by atoms with E-state index in [0.717, 1.165) is 57.8 Å². The number of esters is 2. The number of hydrogen-bond donors (Lipinski definition) is 2. The molecule has 1 unspecified atom stereocenters. The van der Waals surface area contributed by atoms with Crippen LogP contribution >= 0.6 is 7.82 Å². The van der Waals surface area contributed by atoms with Crippen molar-refractivity contribution in [3.8, 4) is 0 Å². The van der Waals surface area contributed by atoms with Crippen LogP contribution in [0.2, 0.25) is 0 Å². The topological polar surface area (TPSA) is 129 Å². The van der Waals surface area contributed by atoms with Crippen LogP contribution in [0.25, 0.3) is 0 Å². The Morgan fingerprint density at radius 3 is 1.53 bits per heavy atom. The number of quaternary nitrogens is 1. The average Bonchev–Trinajstić information content (AvgIpc) is 3.17. The van der Waals surface area contributed by atoms with Crippen molar-refractivity contribution >= 4 is 19.8 Å². The molecule has 0 radical (unpaired) electrons. The number of hydrogen-bond acceptors (Lipinski definition) is 8. The van der Waals surface area contributed by atoms with Gasteiger partial charge in [0.2, 0.25) is 0 Å². The molecule has 0 aromatic carbocycles. The summed E-state index contributed by atoms with van der Waals surface area (Å²) < 4.78 is 34.2. The molecule has 0 aliphatic rings. The molecular weight excluding hydrogens is 766 g/mol. The molecule has 0 aromatic rings. The third kappa shape index (κ3) is 44.5. The summed E-state index contributed by atoms with van der Waals surface area (Å²) in [4.78, 5) is 35.3. The van der Waals surface area contributed by atoms with Crippen LogP contribution in [-0.4, -0.2) is 86.1 Å². The van der Waals surface area contributed by atoms with E-state index in [1.165, 1.54) is 38.5 Å². The minimum atomic E-state index is -4.41. The van der Waals surface area contributed by atoms with E-state index in [9.17, 15) is 24.2 Å². The lowest BCUT2D eigenvalue weighted by atomic mass is 10.1. The zero-order valence-electron chi connectivity index (χ0n) is 37.6. The van der Waals surface area contributed by atoms with Gasteiger partial charge in [-0.25, -0.2) is 4.57 Å². The zero-order chi connectivity index (χ0) is 43.7. The number of phosphoric acid groups is 1. The van der Waals surface area contributed by atoms with Gasteiger partial charge in [-0.05, 0) is 96.8 Å². The van der Waals surface area contributed by atoms with Gasteiger partial charge in [0, 0.05) is 12.8 Å². The molecule has 59 heavy (non-hydrogen) atoms. The first kappa shape index (κ1) is 56.1. The maximum absolute atomic E-state index is 12.7. The van der Waals surface area contributed by atoms with Gasteiger partial charge in [0.05, 0.1) is 33.9 Å². The average molecular weight is 849 g/mol. The molecular formula is C48H83NO9P+. The fraction of sp³-hybridized carbons (Fsp3) is 0.667. The molecule has 0 fully saturated rings. The Balaban J connectivity index is 4.55. The summed E-state index contributed by atoms with van der Waals surface area (Å²) >= 11 is 0. The van der Waals surface area contributed by atoms with E-state index in [-0.39, 0.29) is 32.2 Å². The molecule has 338 valence electrons. The van der Waals surface area contributed by atoms with Crippen molar-refractivity contribution in [3.63, 3.8) is 0 Å². The maximum Gasteiger partial charge on any atom is 0.472 e. The SMILES string of the molecule is CCCCCCCC/C=C\C/C=C\C/C=C\CCCC(=O)O[C@H](COC(=O)CCC/C=C\C/C=C\C/C=C\C/C=C\CCC[C@@H](C)O)COP(=O)(O)OCC[N+](C)(C)C. The van der Waals surface area contributed by atoms with Gasteiger partial charge in [-0.1, -0.05) is 124 Å². The molecule has 0 bridgehead atoms. The second-order valence-electron chi connectivity index (χ2n) is 16.0. The standard InChI is InChI=1S/C48H82NO9P/c1-6-7-8-9-10-11-12-13-14-15-18-22-25-28-31-34-37-40-48(52)58-46(44-57-59(53,54)56-42-41-49(3,4)5)43-55-47(51)39-36-33-30-27-24-21-19-16-17-20-23-26-29-32-35-38-45(2)50/h13-14,17-22,26-31,45-46,50H,6-12,15-16,23-25,32-44H2,1-5H3/p+1/b14-13-,20-17-,21-19-,22-18-,29-26-,30-27-,31-28-/t45-,46-/m1/s1. The predicted molar refractivity (Wildman–Crippen MR) is 244 cm³/mol. The van der Waals surface area contributed by atoms with Crippen LogP contribution in [0, 0.1) is 0 Å². The summed E-state index contributed by atoms with van der Waals surface area (Å²) in [5.74, 6) is -0.951. The molecule has 3 atom stereocenters. The molecule has 0 rings (SSSR count). The van der Waals surface area contributed by atoms with Crippen LogP contribution in [0.5, 0.6) is 0 Å². The van der Waals surface area contributed by atoms with Gasteiger partial charge in [-0.3, -0.25) is 18.6 Å². The van der Waals surface area contributed by atoms with E-state index in [1.54, 1.807) is 0 Å². The molecule has 11 heteroatoms. The molecule has 0 aliphatic carbocycles. The van der Waals surface area contributed by atoms with E-state index in [1.807, 2.05) is 40.2 Å². The van der Waals surface area contributed by atoms with E-state index < -0.39 is 32.5 Å². The van der Waals surface area contributed by atoms with Crippen LogP contribution in [0.3, 0.4) is 0 Å². The quantitative estimate of drug-likeness (QED) is 0.0204. The number of phosphoric ester groups is 1. The summed E-state index contributed by atoms with van der Waals surface area (Å²) in [7, 11) is 1.38. The lowest BCUT2D eigenvalue weighted by Crippen LogP contribution is -2.37. The van der Waals surface area contributed by atoms with Gasteiger partial charge in [-0.15, -0.1) is 0 Å². The Morgan fingerprint density at radius 1 is 0.593 bits per heavy atom. The Kier molecular flexibility index (Phi) is 37.4. The van der Waals surface area contributed by atoms with E-state index in [0.29, 0.717) is 36.7 Å². The molecule has 0 heterocycles. The van der Waals surface area contributed by atoms with Crippen molar-refractivity contribution in [2.75, 3.05) is 47.5 Å². The Hall–Kier alpha value is -2.85. The number of ether oxygens (including phenoxy) is 2. The number of carbonyl (C=O) groups is 2. The smallest absolute Gasteiger partial charge is 0.462 e. The normalized spacial score (nSPS) is 14.9. The minimum absolute atomic E-state index is 0.00424. The summed E-state index contributed by atoms with van der Waals surface area (Å²) in [6.45, 7) is 3.81. The highest BCUT2D eigenvalue weighted by Crippen LogP contribution is 2.43. The number of likely N-dealkylation sites (N-methyl/N-ethyl adjacent to an activating group) is 1. The molecule has 0 amide bonds. The van der Waals surface area contributed by atoms with Gasteiger partial charge >= 0.3 is 19.8 Å². The van der Waals surface area contributed by atoms with E-state index >= 15 is 0 Å². The van der Waals surface area contributed by atoms with Crippen molar-refractivity contribution in [2.24, 2.45) is 0 Å². The number of rotatable bonds is 39. The number of aliphatic hydroxyl groups is 1. The largest absolute Gasteiger partial charge is 0.472 e. The fourth-order valence-electron chi connectivity index (χ4n) is 5.39. The lowest BCUT2D eigenvalue weighted by Gasteiger charge is -2.24. The number of aliphatic hydroxyl groups excluding tert-OH is 1. The third-order valence-corrected chi connectivity index (χ3v) is 9.90.